The van der Waals surface area contributed by atoms with Gasteiger partial charge in [0.2, 0.25) is 12.2 Å². The summed E-state index contributed by atoms with van der Waals surface area (Å²) in [5, 5.41) is 13.8. The topological polar surface area (TPSA) is 94.9 Å². The first kappa shape index (κ1) is 23.5. The van der Waals surface area contributed by atoms with Gasteiger partial charge in [-0.15, -0.1) is 0 Å². The first-order valence-electron chi connectivity index (χ1n) is 11.9. The Bertz CT molecular complexity index is 1260. The van der Waals surface area contributed by atoms with Gasteiger partial charge >= 0.3 is 0 Å². The smallest absolute Gasteiger partial charge is 0.289 e. The summed E-state index contributed by atoms with van der Waals surface area (Å²) in [6.07, 6.45) is 4.10. The fraction of sp³-hybridized carbons (Fsp3) is 0.480. The van der Waals surface area contributed by atoms with Gasteiger partial charge in [0, 0.05) is 18.8 Å². The number of aryl methyl sites for hydroxylation is 1. The molecule has 8 nitrogen and oxygen atoms in total. The van der Waals surface area contributed by atoms with E-state index in [1.165, 1.54) is 21.6 Å². The molecule has 0 saturated carbocycles. The summed E-state index contributed by atoms with van der Waals surface area (Å²) < 4.78 is 31.1. The number of halogens is 2. The van der Waals surface area contributed by atoms with Crippen LogP contribution < -0.4 is 10.9 Å². The Morgan fingerprint density at radius 1 is 1.20 bits per heavy atom. The monoisotopic (exact) mass is 486 g/mol. The van der Waals surface area contributed by atoms with E-state index in [0.717, 1.165) is 19.3 Å². The lowest BCUT2D eigenvalue weighted by Gasteiger charge is -2.54. The van der Waals surface area contributed by atoms with Crippen molar-refractivity contribution in [1.29, 1.82) is 0 Å². The van der Waals surface area contributed by atoms with Crippen LogP contribution in [-0.4, -0.2) is 63.1 Å². The number of piperidine rings is 1. The molecule has 0 spiro atoms. The summed E-state index contributed by atoms with van der Waals surface area (Å²) in [5.74, 6) is -2.31. The number of rotatable bonds is 5. The maximum absolute atomic E-state index is 15.3. The maximum atomic E-state index is 15.3. The number of amides is 2. The minimum atomic E-state index is -1.25. The number of fused-ring (bicyclic) bond motifs is 1. The van der Waals surface area contributed by atoms with Crippen LogP contribution in [0.2, 0.25) is 0 Å². The predicted molar refractivity (Wildman–Crippen MR) is 125 cm³/mol. The highest BCUT2D eigenvalue weighted by Crippen LogP contribution is 2.37. The van der Waals surface area contributed by atoms with Gasteiger partial charge in [-0.25, -0.2) is 4.39 Å². The second kappa shape index (κ2) is 8.75. The molecule has 35 heavy (non-hydrogen) atoms. The third-order valence-corrected chi connectivity index (χ3v) is 7.43. The Kier molecular flexibility index (Phi) is 5.86. The molecule has 0 aliphatic carbocycles. The van der Waals surface area contributed by atoms with E-state index < -0.39 is 34.7 Å². The molecule has 3 aliphatic heterocycles. The zero-order valence-electron chi connectivity index (χ0n) is 19.5. The van der Waals surface area contributed by atoms with Gasteiger partial charge in [0.15, 0.2) is 0 Å². The van der Waals surface area contributed by atoms with Crippen molar-refractivity contribution in [1.82, 2.24) is 14.4 Å². The molecule has 0 radical (unpaired) electrons. The highest BCUT2D eigenvalue weighted by atomic mass is 19.1. The van der Waals surface area contributed by atoms with Gasteiger partial charge in [-0.05, 0) is 56.7 Å². The number of carbonyl (C=O) groups excluding carboxylic acids is 2. The first-order valence-corrected chi connectivity index (χ1v) is 11.9. The number of pyridine rings is 1. The molecule has 10 heteroatoms. The standard InChI is InChI=1S/C25H28F2N4O4/c1-15-7-8-17(16(26)11-15)28-22-20(18-5-4-10-31(18)24(34)21(22)27)23(33)30-12-25(35,13-30)19-6-2-3-9-29(19)14-32/h7-8,11,14,19,28,35H,2-6,9-10,12-13H2,1H3. The third kappa shape index (κ3) is 3.89. The highest BCUT2D eigenvalue weighted by Gasteiger charge is 2.52. The number of β-amino-alcohol motifs (C(OH)–C–C–N with tert-alkyl or cyclic N) is 1. The van der Waals surface area contributed by atoms with Crippen molar-refractivity contribution in [3.05, 3.63) is 57.0 Å². The van der Waals surface area contributed by atoms with Crippen LogP contribution in [0, 0.1) is 18.6 Å². The molecule has 1 atom stereocenters. The molecule has 1 unspecified atom stereocenters. The molecule has 4 heterocycles. The minimum Gasteiger partial charge on any atom is -0.384 e. The number of anilines is 2. The number of benzene rings is 1. The number of hydrogen-bond acceptors (Lipinski definition) is 5. The van der Waals surface area contributed by atoms with Gasteiger partial charge in [-0.3, -0.25) is 14.4 Å². The summed E-state index contributed by atoms with van der Waals surface area (Å²) >= 11 is 0. The SMILES string of the molecule is Cc1ccc(Nc2c(C(=O)N3CC(O)(C4CCCCN4C=O)C3)c3n(c(=O)c2F)CCC3)c(F)c1. The van der Waals surface area contributed by atoms with Crippen molar-refractivity contribution in [2.45, 2.75) is 57.2 Å². The molecule has 2 amide bonds. The molecule has 186 valence electrons. The van der Waals surface area contributed by atoms with E-state index in [4.69, 9.17) is 0 Å². The molecule has 2 N–H and O–H groups in total. The summed E-state index contributed by atoms with van der Waals surface area (Å²) in [5.41, 5.74) is -1.44. The molecule has 2 saturated heterocycles. The molecule has 1 aromatic carbocycles. The number of hydrogen-bond donors (Lipinski definition) is 2. The molecule has 2 aromatic rings. The van der Waals surface area contributed by atoms with Crippen molar-refractivity contribution in [3.8, 4) is 0 Å². The van der Waals surface area contributed by atoms with Crippen LogP contribution in [0.3, 0.4) is 0 Å². The van der Waals surface area contributed by atoms with Crippen LogP contribution in [0.4, 0.5) is 20.2 Å². The third-order valence-electron chi connectivity index (χ3n) is 7.43. The van der Waals surface area contributed by atoms with E-state index in [-0.39, 0.29) is 30.0 Å². The molecule has 5 rings (SSSR count). The largest absolute Gasteiger partial charge is 0.384 e. The van der Waals surface area contributed by atoms with E-state index in [1.54, 1.807) is 17.9 Å². The molecule has 0 bridgehead atoms. The zero-order valence-corrected chi connectivity index (χ0v) is 19.5. The fourth-order valence-electron chi connectivity index (χ4n) is 5.63. The van der Waals surface area contributed by atoms with E-state index in [0.29, 0.717) is 43.6 Å². The van der Waals surface area contributed by atoms with E-state index in [1.807, 2.05) is 0 Å². The lowest BCUT2D eigenvalue weighted by Crippen LogP contribution is -2.72. The van der Waals surface area contributed by atoms with Gasteiger partial charge < -0.3 is 24.8 Å². The number of likely N-dealkylation sites (tertiary alicyclic amines) is 2. The summed E-state index contributed by atoms with van der Waals surface area (Å²) in [4.78, 5) is 40.8. The summed E-state index contributed by atoms with van der Waals surface area (Å²) in [6, 6.07) is 3.96. The van der Waals surface area contributed by atoms with E-state index in [9.17, 15) is 23.9 Å². The van der Waals surface area contributed by atoms with Gasteiger partial charge in [-0.2, -0.15) is 4.39 Å². The molecular weight excluding hydrogens is 458 g/mol. The van der Waals surface area contributed by atoms with Gasteiger partial charge in [0.1, 0.15) is 11.4 Å². The Morgan fingerprint density at radius 2 is 1.97 bits per heavy atom. The van der Waals surface area contributed by atoms with E-state index in [2.05, 4.69) is 5.32 Å². The average molecular weight is 487 g/mol. The summed E-state index contributed by atoms with van der Waals surface area (Å²) in [7, 11) is 0. The quantitative estimate of drug-likeness (QED) is 0.633. The molecular formula is C25H28F2N4O4. The van der Waals surface area contributed by atoms with Crippen molar-refractivity contribution >= 4 is 23.7 Å². The fourth-order valence-corrected chi connectivity index (χ4v) is 5.63. The predicted octanol–water partition coefficient (Wildman–Crippen LogP) is 2.32. The van der Waals surface area contributed by atoms with Gasteiger partial charge in [0.05, 0.1) is 36.1 Å². The Morgan fingerprint density at radius 3 is 2.69 bits per heavy atom. The maximum Gasteiger partial charge on any atom is 0.289 e. The lowest BCUT2D eigenvalue weighted by molar-refractivity contribution is -0.152. The van der Waals surface area contributed by atoms with Crippen molar-refractivity contribution in [3.63, 3.8) is 0 Å². The average Bonchev–Trinajstić information content (AvgIpc) is 3.31. The molecule has 1 aromatic heterocycles. The Balaban J connectivity index is 1.49. The van der Waals surface area contributed by atoms with Crippen LogP contribution in [0.25, 0.3) is 0 Å². The zero-order chi connectivity index (χ0) is 24.9. The highest BCUT2D eigenvalue weighted by molar-refractivity contribution is 6.02. The van der Waals surface area contributed by atoms with Crippen LogP contribution in [0.1, 0.15) is 47.3 Å². The summed E-state index contributed by atoms with van der Waals surface area (Å²) in [6.45, 7) is 2.54. The second-order valence-electron chi connectivity index (χ2n) is 9.80. The number of nitrogens with zero attached hydrogens (tertiary/aromatic N) is 3. The van der Waals surface area contributed by atoms with Crippen LogP contribution >= 0.6 is 0 Å². The van der Waals surface area contributed by atoms with Crippen LogP contribution in [-0.2, 0) is 17.8 Å². The van der Waals surface area contributed by atoms with Gasteiger partial charge in [0.25, 0.3) is 11.5 Å². The number of aliphatic hydroxyl groups is 1. The number of aromatic nitrogens is 1. The second-order valence-corrected chi connectivity index (χ2v) is 9.80. The minimum absolute atomic E-state index is 0.0145. The van der Waals surface area contributed by atoms with Crippen LogP contribution in [0.5, 0.6) is 0 Å². The molecule has 3 aliphatic rings. The normalized spacial score (nSPS) is 20.9. The van der Waals surface area contributed by atoms with Crippen LogP contribution in [0.15, 0.2) is 23.0 Å². The van der Waals surface area contributed by atoms with Crippen molar-refractivity contribution in [2.75, 3.05) is 25.0 Å². The lowest BCUT2D eigenvalue weighted by atomic mass is 9.80. The van der Waals surface area contributed by atoms with Crippen molar-refractivity contribution < 1.29 is 23.5 Å². The van der Waals surface area contributed by atoms with Crippen molar-refractivity contribution in [2.24, 2.45) is 0 Å². The van der Waals surface area contributed by atoms with Gasteiger partial charge in [-0.1, -0.05) is 6.07 Å². The number of carbonyl (C=O) groups is 2. The Hall–Kier alpha value is -3.27. The van der Waals surface area contributed by atoms with E-state index >= 15 is 4.39 Å². The Labute approximate surface area is 201 Å². The first-order chi connectivity index (χ1) is 16.7. The molecule has 2 fully saturated rings. The number of nitrogens with one attached hydrogen (secondary N) is 1.